The van der Waals surface area contributed by atoms with Gasteiger partial charge in [-0.1, -0.05) is 18.2 Å². The van der Waals surface area contributed by atoms with Gasteiger partial charge in [-0.25, -0.2) is 14.6 Å². The van der Waals surface area contributed by atoms with Gasteiger partial charge in [0.05, 0.1) is 23.3 Å². The van der Waals surface area contributed by atoms with Crippen LogP contribution in [-0.4, -0.2) is 54.9 Å². The van der Waals surface area contributed by atoms with Gasteiger partial charge in [-0.3, -0.25) is 5.10 Å². The minimum Gasteiger partial charge on any atom is -0.475 e. The second-order valence-corrected chi connectivity index (χ2v) is 8.79. The van der Waals surface area contributed by atoms with Crippen molar-refractivity contribution in [2.75, 3.05) is 11.9 Å². The van der Waals surface area contributed by atoms with E-state index in [2.05, 4.69) is 46.5 Å². The Morgan fingerprint density at radius 3 is 2.43 bits per heavy atom. The van der Waals surface area contributed by atoms with Crippen LogP contribution in [0.15, 0.2) is 36.4 Å². The number of aliphatic carboxylic acids is 1. The number of hydrogen-bond donors (Lipinski definition) is 4. The molecule has 5 rings (SSSR count). The molecule has 9 nitrogen and oxygen atoms in total. The van der Waals surface area contributed by atoms with Crippen molar-refractivity contribution < 1.29 is 27.9 Å². The van der Waals surface area contributed by atoms with Gasteiger partial charge in [0, 0.05) is 17.8 Å². The van der Waals surface area contributed by atoms with E-state index in [4.69, 9.17) is 14.9 Å². The molecule has 2 amide bonds. The number of hydrogen-bond acceptors (Lipinski definition) is 4. The second kappa shape index (κ2) is 9.96. The normalized spacial score (nSPS) is 13.1. The number of carboxylic acid groups (broad SMARTS) is 1. The lowest BCUT2D eigenvalue weighted by Crippen LogP contribution is -2.39. The Kier molecular flexibility index (Phi) is 6.92. The average molecular weight is 515 g/mol. The Hall–Kier alpha value is -4.35. The van der Waals surface area contributed by atoms with E-state index in [1.165, 1.54) is 11.1 Å². The number of carbonyl (C=O) groups excluding carboxylic acids is 1. The molecular weight excluding hydrogens is 489 g/mol. The van der Waals surface area contributed by atoms with E-state index in [9.17, 15) is 18.0 Å². The standard InChI is InChI=1S/C23H24N6O.C2HF3O2/c1-13-6-4-5-7-17(13)26-23(30)29-9-8-16-20(12-29)27-28-21(16)22-24-18-10-14(2)15(3)11-19(18)25-22;3-2(4,5)1(6)7/h4-7,10-11H,8-9,12H2,1-3H3,(H,24,25)(H,26,30)(H,27,28);(H,6,7). The van der Waals surface area contributed by atoms with Crippen LogP contribution in [0.1, 0.15) is 27.9 Å². The van der Waals surface area contributed by atoms with Crippen LogP contribution >= 0.6 is 0 Å². The van der Waals surface area contributed by atoms with E-state index >= 15 is 0 Å². The maximum Gasteiger partial charge on any atom is 0.490 e. The Bertz CT molecular complexity index is 1440. The maximum absolute atomic E-state index is 12.7. The minimum absolute atomic E-state index is 0.0965. The maximum atomic E-state index is 12.7. The predicted octanol–water partition coefficient (Wildman–Crippen LogP) is 5.10. The number of aryl methyl sites for hydroxylation is 3. The number of anilines is 1. The molecular formula is C25H25F3N6O3. The van der Waals surface area contributed by atoms with Gasteiger partial charge in [0.1, 0.15) is 5.69 Å². The molecule has 0 atom stereocenters. The molecule has 0 saturated heterocycles. The van der Waals surface area contributed by atoms with E-state index in [1.54, 1.807) is 0 Å². The Morgan fingerprint density at radius 2 is 1.76 bits per heavy atom. The number of H-pyrrole nitrogens is 2. The van der Waals surface area contributed by atoms with E-state index in [0.29, 0.717) is 13.1 Å². The third-order valence-corrected chi connectivity index (χ3v) is 6.17. The molecule has 2 aromatic heterocycles. The van der Waals surface area contributed by atoms with Crippen LogP contribution in [0.4, 0.5) is 23.7 Å². The Morgan fingerprint density at radius 1 is 1.08 bits per heavy atom. The van der Waals surface area contributed by atoms with Gasteiger partial charge in [-0.2, -0.15) is 18.3 Å². The van der Waals surface area contributed by atoms with Crippen molar-refractivity contribution in [3.63, 3.8) is 0 Å². The molecule has 0 saturated carbocycles. The first-order valence-corrected chi connectivity index (χ1v) is 11.4. The molecule has 1 aliphatic rings. The summed E-state index contributed by atoms with van der Waals surface area (Å²) >= 11 is 0. The number of carbonyl (C=O) groups is 2. The van der Waals surface area contributed by atoms with Crippen LogP contribution in [0.2, 0.25) is 0 Å². The molecule has 0 spiro atoms. The predicted molar refractivity (Wildman–Crippen MR) is 131 cm³/mol. The van der Waals surface area contributed by atoms with Crippen molar-refractivity contribution in [1.29, 1.82) is 0 Å². The molecule has 1 aliphatic heterocycles. The van der Waals surface area contributed by atoms with Crippen LogP contribution in [0.5, 0.6) is 0 Å². The Balaban J connectivity index is 0.000000405. The monoisotopic (exact) mass is 514 g/mol. The molecule has 0 aliphatic carbocycles. The highest BCUT2D eigenvalue weighted by Gasteiger charge is 2.38. The minimum atomic E-state index is -5.08. The van der Waals surface area contributed by atoms with Gasteiger partial charge >= 0.3 is 18.2 Å². The first-order chi connectivity index (χ1) is 17.4. The highest BCUT2D eigenvalue weighted by molar-refractivity contribution is 5.90. The van der Waals surface area contributed by atoms with Crippen LogP contribution in [0.3, 0.4) is 0 Å². The molecule has 0 bridgehead atoms. The summed E-state index contributed by atoms with van der Waals surface area (Å²) in [7, 11) is 0. The number of alkyl halides is 3. The highest BCUT2D eigenvalue weighted by Crippen LogP contribution is 2.29. The molecule has 194 valence electrons. The van der Waals surface area contributed by atoms with E-state index in [1.807, 2.05) is 36.1 Å². The van der Waals surface area contributed by atoms with Crippen molar-refractivity contribution in [3.05, 3.63) is 64.3 Å². The fraction of sp³-hybridized carbons (Fsp3) is 0.280. The average Bonchev–Trinajstić information content (AvgIpc) is 3.43. The molecule has 0 radical (unpaired) electrons. The van der Waals surface area contributed by atoms with Gasteiger partial charge in [-0.05, 0) is 62.1 Å². The smallest absolute Gasteiger partial charge is 0.475 e. The summed E-state index contributed by atoms with van der Waals surface area (Å²) in [4.78, 5) is 31.6. The van der Waals surface area contributed by atoms with Crippen LogP contribution in [0.25, 0.3) is 22.6 Å². The first kappa shape index (κ1) is 25.7. The number of aromatic amines is 2. The SMILES string of the molecule is Cc1cc2nc(-c3n[nH]c4c3CCN(C(=O)Nc3ccccc3C)C4)[nH]c2cc1C.O=C(O)C(F)(F)F. The van der Waals surface area contributed by atoms with Gasteiger partial charge < -0.3 is 20.3 Å². The summed E-state index contributed by atoms with van der Waals surface area (Å²) in [5.74, 6) is -1.99. The third-order valence-electron chi connectivity index (χ3n) is 6.17. The van der Waals surface area contributed by atoms with E-state index < -0.39 is 12.1 Å². The fourth-order valence-electron chi connectivity index (χ4n) is 3.98. The summed E-state index contributed by atoms with van der Waals surface area (Å²) < 4.78 is 31.7. The van der Waals surface area contributed by atoms with E-state index in [0.717, 1.165) is 51.5 Å². The second-order valence-electron chi connectivity index (χ2n) is 8.79. The van der Waals surface area contributed by atoms with Crippen LogP contribution < -0.4 is 5.32 Å². The highest BCUT2D eigenvalue weighted by atomic mass is 19.4. The summed E-state index contributed by atoms with van der Waals surface area (Å²) in [6, 6.07) is 11.9. The largest absolute Gasteiger partial charge is 0.490 e. The number of aromatic nitrogens is 4. The topological polar surface area (TPSA) is 127 Å². The molecule has 4 aromatic rings. The van der Waals surface area contributed by atoms with Crippen LogP contribution in [0, 0.1) is 20.8 Å². The number of imidazole rings is 1. The quantitative estimate of drug-likeness (QED) is 0.296. The number of halogens is 3. The number of benzene rings is 2. The lowest BCUT2D eigenvalue weighted by atomic mass is 10.0. The summed E-state index contributed by atoms with van der Waals surface area (Å²) in [5.41, 5.74) is 9.23. The number of nitrogens with one attached hydrogen (secondary N) is 3. The van der Waals surface area contributed by atoms with Gasteiger partial charge in [-0.15, -0.1) is 0 Å². The van der Waals surface area contributed by atoms with Crippen molar-refractivity contribution in [2.45, 2.75) is 39.9 Å². The third kappa shape index (κ3) is 5.57. The zero-order valence-corrected chi connectivity index (χ0v) is 20.3. The van der Waals surface area contributed by atoms with Crippen LogP contribution in [-0.2, 0) is 17.8 Å². The molecule has 3 heterocycles. The van der Waals surface area contributed by atoms with Gasteiger partial charge in [0.2, 0.25) is 0 Å². The van der Waals surface area contributed by atoms with Crippen molar-refractivity contribution in [1.82, 2.24) is 25.1 Å². The van der Waals surface area contributed by atoms with Crippen molar-refractivity contribution >= 4 is 28.7 Å². The first-order valence-electron chi connectivity index (χ1n) is 11.4. The summed E-state index contributed by atoms with van der Waals surface area (Å²) in [6.45, 7) is 7.31. The number of fused-ring (bicyclic) bond motifs is 2. The lowest BCUT2D eigenvalue weighted by molar-refractivity contribution is -0.192. The number of para-hydroxylation sites is 1. The number of urea groups is 1. The molecule has 4 N–H and O–H groups in total. The van der Waals surface area contributed by atoms with Crippen molar-refractivity contribution in [3.8, 4) is 11.5 Å². The zero-order chi connectivity index (χ0) is 26.9. The summed E-state index contributed by atoms with van der Waals surface area (Å²) in [6.07, 6.45) is -4.35. The van der Waals surface area contributed by atoms with Gasteiger partial charge in [0.25, 0.3) is 0 Å². The summed E-state index contributed by atoms with van der Waals surface area (Å²) in [5, 5.41) is 17.8. The number of nitrogens with zero attached hydrogens (tertiary/aromatic N) is 3. The van der Waals surface area contributed by atoms with E-state index in [-0.39, 0.29) is 6.03 Å². The number of amides is 2. The number of carboxylic acids is 1. The molecule has 37 heavy (non-hydrogen) atoms. The fourth-order valence-corrected chi connectivity index (χ4v) is 3.98. The number of rotatable bonds is 2. The Labute approximate surface area is 209 Å². The lowest BCUT2D eigenvalue weighted by Gasteiger charge is -2.27. The molecule has 2 aromatic carbocycles. The van der Waals surface area contributed by atoms with Gasteiger partial charge in [0.15, 0.2) is 5.82 Å². The van der Waals surface area contributed by atoms with Crippen molar-refractivity contribution in [2.24, 2.45) is 0 Å². The molecule has 0 unspecified atom stereocenters. The molecule has 0 fully saturated rings. The molecule has 12 heteroatoms. The zero-order valence-electron chi connectivity index (χ0n) is 20.3.